The maximum atomic E-state index is 11.5. The van der Waals surface area contributed by atoms with Gasteiger partial charge < -0.3 is 14.8 Å². The number of fused-ring (bicyclic) bond motifs is 3. The lowest BCUT2D eigenvalue weighted by molar-refractivity contribution is -0.121. The highest BCUT2D eigenvalue weighted by Gasteiger charge is 2.40. The molecule has 4 heteroatoms. The van der Waals surface area contributed by atoms with E-state index in [0.717, 1.165) is 37.4 Å². The van der Waals surface area contributed by atoms with Crippen molar-refractivity contribution in [1.82, 2.24) is 5.32 Å². The first kappa shape index (κ1) is 11.3. The number of benzene rings is 1. The monoisotopic (exact) mass is 259 g/mol. The molecule has 1 saturated carbocycles. The van der Waals surface area contributed by atoms with Crippen LogP contribution in [0.3, 0.4) is 0 Å². The Hall–Kier alpha value is -1.55. The van der Waals surface area contributed by atoms with Crippen LogP contribution in [-0.2, 0) is 16.8 Å². The highest BCUT2D eigenvalue weighted by atomic mass is 16.7. The van der Waals surface area contributed by atoms with Crippen LogP contribution in [0.4, 0.5) is 0 Å². The Morgan fingerprint density at radius 3 is 2.63 bits per heavy atom. The summed E-state index contributed by atoms with van der Waals surface area (Å²) in [5.41, 5.74) is 2.77. The van der Waals surface area contributed by atoms with Crippen molar-refractivity contribution in [3.05, 3.63) is 23.3 Å². The van der Waals surface area contributed by atoms with Gasteiger partial charge in [-0.05, 0) is 36.1 Å². The summed E-state index contributed by atoms with van der Waals surface area (Å²) in [4.78, 5) is 11.5. The average molecular weight is 259 g/mol. The lowest BCUT2D eigenvalue weighted by Crippen LogP contribution is -2.45. The Balaban J connectivity index is 1.80. The van der Waals surface area contributed by atoms with Gasteiger partial charge in [0, 0.05) is 31.3 Å². The van der Waals surface area contributed by atoms with E-state index in [-0.39, 0.29) is 5.41 Å². The molecule has 1 aromatic rings. The predicted molar refractivity (Wildman–Crippen MR) is 69.4 cm³/mol. The van der Waals surface area contributed by atoms with Crippen molar-refractivity contribution in [2.75, 3.05) is 13.3 Å². The van der Waals surface area contributed by atoms with Crippen LogP contribution in [0.25, 0.3) is 0 Å². The molecular formula is C15H17NO3. The maximum absolute atomic E-state index is 11.5. The van der Waals surface area contributed by atoms with Crippen LogP contribution >= 0.6 is 0 Å². The summed E-state index contributed by atoms with van der Waals surface area (Å²) >= 11 is 0. The first-order valence-corrected chi connectivity index (χ1v) is 6.92. The van der Waals surface area contributed by atoms with E-state index in [2.05, 4.69) is 17.4 Å². The van der Waals surface area contributed by atoms with Gasteiger partial charge in [-0.25, -0.2) is 0 Å². The third kappa shape index (κ3) is 1.66. The van der Waals surface area contributed by atoms with E-state index >= 15 is 0 Å². The van der Waals surface area contributed by atoms with E-state index in [1.54, 1.807) is 0 Å². The van der Waals surface area contributed by atoms with Crippen molar-refractivity contribution >= 4 is 5.78 Å². The number of Topliss-reactive ketones (excluding diaryl/α,β-unsaturated/α-hetero) is 1. The summed E-state index contributed by atoms with van der Waals surface area (Å²) < 4.78 is 11.0. The Labute approximate surface area is 112 Å². The molecule has 0 atom stereocenters. The van der Waals surface area contributed by atoms with E-state index in [0.29, 0.717) is 25.4 Å². The number of ketones is 1. The van der Waals surface area contributed by atoms with Gasteiger partial charge in [0.25, 0.3) is 0 Å². The van der Waals surface area contributed by atoms with Crippen molar-refractivity contribution in [2.24, 2.45) is 0 Å². The lowest BCUT2D eigenvalue weighted by Gasteiger charge is -2.42. The molecule has 1 fully saturated rings. The Morgan fingerprint density at radius 2 is 1.84 bits per heavy atom. The SMILES string of the molecule is O=C1CCC2(CC1)CNCc1cc3c(cc12)OCO3. The third-order valence-corrected chi connectivity index (χ3v) is 4.71. The van der Waals surface area contributed by atoms with Gasteiger partial charge in [0.2, 0.25) is 6.79 Å². The zero-order chi connectivity index (χ0) is 12.9. The van der Waals surface area contributed by atoms with Crippen LogP contribution in [0.1, 0.15) is 36.8 Å². The molecule has 0 aromatic heterocycles. The van der Waals surface area contributed by atoms with Crippen LogP contribution in [0.5, 0.6) is 11.5 Å². The number of carbonyl (C=O) groups is 1. The Bertz CT molecular complexity index is 543. The summed E-state index contributed by atoms with van der Waals surface area (Å²) in [6, 6.07) is 4.25. The Kier molecular flexibility index (Phi) is 2.36. The zero-order valence-electron chi connectivity index (χ0n) is 10.8. The molecule has 0 saturated heterocycles. The van der Waals surface area contributed by atoms with Crippen LogP contribution in [0.2, 0.25) is 0 Å². The first-order chi connectivity index (χ1) is 9.27. The molecule has 0 amide bonds. The average Bonchev–Trinajstić information content (AvgIpc) is 2.88. The highest BCUT2D eigenvalue weighted by molar-refractivity contribution is 5.79. The fourth-order valence-electron chi connectivity index (χ4n) is 3.61. The number of hydrogen-bond acceptors (Lipinski definition) is 4. The molecule has 2 aliphatic heterocycles. The fourth-order valence-corrected chi connectivity index (χ4v) is 3.61. The molecule has 2 heterocycles. The predicted octanol–water partition coefficient (Wildman–Crippen LogP) is 1.90. The van der Waals surface area contributed by atoms with Crippen LogP contribution in [0.15, 0.2) is 12.1 Å². The minimum atomic E-state index is 0.114. The van der Waals surface area contributed by atoms with E-state index in [1.165, 1.54) is 11.1 Å². The van der Waals surface area contributed by atoms with Crippen LogP contribution < -0.4 is 14.8 Å². The fraction of sp³-hybridized carbons (Fsp3) is 0.533. The molecule has 100 valence electrons. The van der Waals surface area contributed by atoms with Gasteiger partial charge in [0.1, 0.15) is 5.78 Å². The third-order valence-electron chi connectivity index (χ3n) is 4.71. The van der Waals surface area contributed by atoms with E-state index in [4.69, 9.17) is 9.47 Å². The second-order valence-corrected chi connectivity index (χ2v) is 5.79. The minimum absolute atomic E-state index is 0.114. The van der Waals surface area contributed by atoms with E-state index in [1.807, 2.05) is 0 Å². The first-order valence-electron chi connectivity index (χ1n) is 6.92. The molecule has 4 nitrogen and oxygen atoms in total. The van der Waals surface area contributed by atoms with E-state index < -0.39 is 0 Å². The highest BCUT2D eigenvalue weighted by Crippen LogP contribution is 2.46. The summed E-state index contributed by atoms with van der Waals surface area (Å²) in [5.74, 6) is 2.11. The van der Waals surface area contributed by atoms with Crippen LogP contribution in [-0.4, -0.2) is 19.1 Å². The van der Waals surface area contributed by atoms with Crippen LogP contribution in [0, 0.1) is 0 Å². The summed E-state index contributed by atoms with van der Waals surface area (Å²) in [6.45, 7) is 2.16. The molecule has 1 spiro atoms. The topological polar surface area (TPSA) is 47.6 Å². The van der Waals surface area contributed by atoms with Gasteiger partial charge in [0.15, 0.2) is 11.5 Å². The van der Waals surface area contributed by atoms with Gasteiger partial charge in [0.05, 0.1) is 0 Å². The van der Waals surface area contributed by atoms with Crippen molar-refractivity contribution < 1.29 is 14.3 Å². The summed E-state index contributed by atoms with van der Waals surface area (Å²) in [5, 5.41) is 3.50. The molecule has 0 radical (unpaired) electrons. The van der Waals surface area contributed by atoms with Crippen molar-refractivity contribution in [2.45, 2.75) is 37.6 Å². The van der Waals surface area contributed by atoms with Gasteiger partial charge in [-0.15, -0.1) is 0 Å². The standard InChI is InChI=1S/C15H17NO3/c17-11-1-3-15(4-2-11)8-16-7-10-5-13-14(6-12(10)15)19-9-18-13/h5-6,16H,1-4,7-9H2. The molecule has 1 aliphatic carbocycles. The van der Waals surface area contributed by atoms with E-state index in [9.17, 15) is 4.79 Å². The summed E-state index contributed by atoms with van der Waals surface area (Å²) in [7, 11) is 0. The number of ether oxygens (including phenoxy) is 2. The van der Waals surface area contributed by atoms with Gasteiger partial charge in [-0.1, -0.05) is 0 Å². The van der Waals surface area contributed by atoms with Crippen molar-refractivity contribution in [1.29, 1.82) is 0 Å². The largest absolute Gasteiger partial charge is 0.454 e. The second-order valence-electron chi connectivity index (χ2n) is 5.79. The van der Waals surface area contributed by atoms with Crippen molar-refractivity contribution in [3.8, 4) is 11.5 Å². The second kappa shape index (κ2) is 3.97. The number of carbonyl (C=O) groups excluding carboxylic acids is 1. The number of rotatable bonds is 0. The lowest BCUT2D eigenvalue weighted by atomic mass is 9.66. The summed E-state index contributed by atoms with van der Waals surface area (Å²) in [6.07, 6.45) is 3.31. The molecule has 19 heavy (non-hydrogen) atoms. The maximum Gasteiger partial charge on any atom is 0.231 e. The van der Waals surface area contributed by atoms with Gasteiger partial charge in [-0.2, -0.15) is 0 Å². The number of nitrogens with one attached hydrogen (secondary N) is 1. The molecule has 1 N–H and O–H groups in total. The Morgan fingerprint density at radius 1 is 1.11 bits per heavy atom. The van der Waals surface area contributed by atoms with Crippen molar-refractivity contribution in [3.63, 3.8) is 0 Å². The molecule has 1 aromatic carbocycles. The quantitative estimate of drug-likeness (QED) is 0.773. The number of hydrogen-bond donors (Lipinski definition) is 1. The smallest absolute Gasteiger partial charge is 0.231 e. The molecule has 0 unspecified atom stereocenters. The molecule has 3 aliphatic rings. The molecular weight excluding hydrogens is 242 g/mol. The normalized spacial score (nSPS) is 23.5. The van der Waals surface area contributed by atoms with Gasteiger partial charge >= 0.3 is 0 Å². The zero-order valence-corrected chi connectivity index (χ0v) is 10.8. The van der Waals surface area contributed by atoms with Gasteiger partial charge in [-0.3, -0.25) is 4.79 Å². The molecule has 4 rings (SSSR count). The molecule has 0 bridgehead atoms. The minimum Gasteiger partial charge on any atom is -0.454 e.